The Morgan fingerprint density at radius 1 is 0.968 bits per heavy atom. The predicted octanol–water partition coefficient (Wildman–Crippen LogP) is 4.05. The van der Waals surface area contributed by atoms with Crippen LogP contribution >= 0.6 is 0 Å². The Balaban J connectivity index is 1.32. The molecule has 1 aliphatic rings. The van der Waals surface area contributed by atoms with E-state index in [2.05, 4.69) is 50.4 Å². The zero-order valence-corrected chi connectivity index (χ0v) is 17.8. The molecule has 6 heteroatoms. The second-order valence-electron chi connectivity index (χ2n) is 7.69. The molecule has 1 fully saturated rings. The average molecular weight is 417 g/mol. The quantitative estimate of drug-likeness (QED) is 0.657. The third-order valence-corrected chi connectivity index (χ3v) is 5.52. The van der Waals surface area contributed by atoms with Crippen molar-refractivity contribution in [3.05, 3.63) is 84.1 Å². The van der Waals surface area contributed by atoms with E-state index >= 15 is 0 Å². The summed E-state index contributed by atoms with van der Waals surface area (Å²) in [4.78, 5) is 21.9. The minimum absolute atomic E-state index is 0.163. The molecule has 4 rings (SSSR count). The number of nitrogens with one attached hydrogen (secondary N) is 1. The molecule has 1 amide bonds. The number of pyridine rings is 1. The Morgan fingerprint density at radius 3 is 2.48 bits per heavy atom. The first-order valence-corrected chi connectivity index (χ1v) is 10.6. The summed E-state index contributed by atoms with van der Waals surface area (Å²) in [6.07, 6.45) is 2.83. The van der Waals surface area contributed by atoms with Crippen molar-refractivity contribution < 1.29 is 9.53 Å². The third kappa shape index (κ3) is 5.61. The molecule has 0 atom stereocenters. The fraction of sp³-hybridized carbons (Fsp3) is 0.280. The second kappa shape index (κ2) is 10.1. The van der Waals surface area contributed by atoms with Gasteiger partial charge in [0.05, 0.1) is 19.0 Å². The summed E-state index contributed by atoms with van der Waals surface area (Å²) >= 11 is 0. The molecule has 2 heterocycles. The highest BCUT2D eigenvalue weighted by Gasteiger charge is 2.16. The number of carbonyl (C=O) groups is 1. The highest BCUT2D eigenvalue weighted by molar-refractivity contribution is 6.04. The molecular formula is C25H28N4O2. The molecule has 1 aromatic heterocycles. The summed E-state index contributed by atoms with van der Waals surface area (Å²) in [5.74, 6) is 1.51. The molecule has 6 nitrogen and oxygen atoms in total. The highest BCUT2D eigenvalue weighted by atomic mass is 16.5. The Morgan fingerprint density at radius 2 is 1.77 bits per heavy atom. The summed E-state index contributed by atoms with van der Waals surface area (Å²) < 4.78 is 5.13. The van der Waals surface area contributed by atoms with Crippen LogP contribution in [0.4, 0.5) is 11.5 Å². The fourth-order valence-corrected chi connectivity index (χ4v) is 3.79. The van der Waals surface area contributed by atoms with E-state index in [4.69, 9.17) is 4.74 Å². The number of amides is 1. The number of methoxy groups -OCH3 is 1. The minimum Gasteiger partial charge on any atom is -0.497 e. The molecule has 0 bridgehead atoms. The minimum atomic E-state index is -0.163. The molecule has 0 unspecified atom stereocenters. The van der Waals surface area contributed by atoms with Gasteiger partial charge in [0.1, 0.15) is 11.6 Å². The van der Waals surface area contributed by atoms with Crippen LogP contribution in [0.2, 0.25) is 0 Å². The molecule has 1 saturated heterocycles. The molecule has 160 valence electrons. The van der Waals surface area contributed by atoms with Crippen molar-refractivity contribution in [2.75, 3.05) is 43.5 Å². The lowest BCUT2D eigenvalue weighted by atomic mass is 10.2. The third-order valence-electron chi connectivity index (χ3n) is 5.52. The number of nitrogens with zero attached hydrogens (tertiary/aromatic N) is 3. The van der Waals surface area contributed by atoms with Crippen molar-refractivity contribution in [1.82, 2.24) is 9.88 Å². The van der Waals surface area contributed by atoms with Crippen molar-refractivity contribution in [1.29, 1.82) is 0 Å². The maximum Gasteiger partial charge on any atom is 0.255 e. The van der Waals surface area contributed by atoms with Crippen LogP contribution in [0.1, 0.15) is 22.3 Å². The zero-order valence-electron chi connectivity index (χ0n) is 17.8. The Hall–Kier alpha value is -3.38. The Labute approximate surface area is 183 Å². The molecule has 3 aromatic rings. The summed E-state index contributed by atoms with van der Waals surface area (Å²) in [6, 6.07) is 21.6. The van der Waals surface area contributed by atoms with E-state index < -0.39 is 0 Å². The van der Waals surface area contributed by atoms with Crippen LogP contribution in [-0.2, 0) is 6.54 Å². The van der Waals surface area contributed by atoms with Gasteiger partial charge in [-0.3, -0.25) is 9.69 Å². The van der Waals surface area contributed by atoms with Crippen LogP contribution in [0.5, 0.6) is 5.75 Å². The van der Waals surface area contributed by atoms with Crippen molar-refractivity contribution in [3.63, 3.8) is 0 Å². The highest BCUT2D eigenvalue weighted by Crippen LogP contribution is 2.18. The van der Waals surface area contributed by atoms with Gasteiger partial charge in [0.2, 0.25) is 0 Å². The monoisotopic (exact) mass is 416 g/mol. The largest absolute Gasteiger partial charge is 0.497 e. The standard InChI is InChI=1S/C25H28N4O2/c1-31-23-11-8-21(9-12-23)25(30)27-22-10-13-24(26-18-22)29-15-5-14-28(16-17-29)19-20-6-3-2-4-7-20/h2-4,6-13,18H,5,14-17,19H2,1H3,(H,27,30). The van der Waals surface area contributed by atoms with Gasteiger partial charge in [0.15, 0.2) is 0 Å². The van der Waals surface area contributed by atoms with Crippen LogP contribution in [0.3, 0.4) is 0 Å². The van der Waals surface area contributed by atoms with Gasteiger partial charge < -0.3 is 15.0 Å². The summed E-state index contributed by atoms with van der Waals surface area (Å²) in [5.41, 5.74) is 2.62. The molecule has 31 heavy (non-hydrogen) atoms. The second-order valence-corrected chi connectivity index (χ2v) is 7.69. The van der Waals surface area contributed by atoms with E-state index in [9.17, 15) is 4.79 Å². The summed E-state index contributed by atoms with van der Waals surface area (Å²) in [7, 11) is 1.60. The van der Waals surface area contributed by atoms with Crippen molar-refractivity contribution >= 4 is 17.4 Å². The van der Waals surface area contributed by atoms with Crippen LogP contribution in [-0.4, -0.2) is 49.1 Å². The first-order valence-electron chi connectivity index (χ1n) is 10.6. The van der Waals surface area contributed by atoms with Gasteiger partial charge in [-0.05, 0) is 48.4 Å². The van der Waals surface area contributed by atoms with Crippen molar-refractivity contribution in [3.8, 4) is 5.75 Å². The average Bonchev–Trinajstić information content (AvgIpc) is 3.06. The van der Waals surface area contributed by atoms with E-state index in [1.807, 2.05) is 12.1 Å². The van der Waals surface area contributed by atoms with Crippen LogP contribution in [0, 0.1) is 0 Å². The lowest BCUT2D eigenvalue weighted by Gasteiger charge is -2.23. The molecule has 0 radical (unpaired) electrons. The number of hydrogen-bond donors (Lipinski definition) is 1. The molecule has 0 saturated carbocycles. The Bertz CT molecular complexity index is 975. The lowest BCUT2D eigenvalue weighted by Crippen LogP contribution is -2.30. The van der Waals surface area contributed by atoms with Gasteiger partial charge in [0, 0.05) is 38.3 Å². The first-order chi connectivity index (χ1) is 15.2. The number of rotatable bonds is 6. The molecule has 1 N–H and O–H groups in total. The molecule has 0 spiro atoms. The maximum absolute atomic E-state index is 12.4. The van der Waals surface area contributed by atoms with Gasteiger partial charge in [-0.1, -0.05) is 30.3 Å². The molecular weight excluding hydrogens is 388 g/mol. The fourth-order valence-electron chi connectivity index (χ4n) is 3.79. The molecule has 0 aliphatic carbocycles. The number of ether oxygens (including phenoxy) is 1. The van der Waals surface area contributed by atoms with Gasteiger partial charge in [0.25, 0.3) is 5.91 Å². The molecule has 1 aliphatic heterocycles. The smallest absolute Gasteiger partial charge is 0.255 e. The maximum atomic E-state index is 12.4. The van der Waals surface area contributed by atoms with E-state index in [-0.39, 0.29) is 5.91 Å². The van der Waals surface area contributed by atoms with Crippen molar-refractivity contribution in [2.24, 2.45) is 0 Å². The van der Waals surface area contributed by atoms with E-state index in [1.165, 1.54) is 5.56 Å². The van der Waals surface area contributed by atoms with Crippen LogP contribution in [0.25, 0.3) is 0 Å². The van der Waals surface area contributed by atoms with Gasteiger partial charge >= 0.3 is 0 Å². The summed E-state index contributed by atoms with van der Waals surface area (Å²) in [5, 5.41) is 2.90. The van der Waals surface area contributed by atoms with Crippen LogP contribution < -0.4 is 15.0 Å². The van der Waals surface area contributed by atoms with Crippen LogP contribution in [0.15, 0.2) is 72.9 Å². The normalized spacial score (nSPS) is 14.7. The number of benzene rings is 2. The number of carbonyl (C=O) groups excluding carboxylic acids is 1. The van der Waals surface area contributed by atoms with E-state index in [0.29, 0.717) is 11.3 Å². The van der Waals surface area contributed by atoms with Gasteiger partial charge in [-0.15, -0.1) is 0 Å². The SMILES string of the molecule is COc1ccc(C(=O)Nc2ccc(N3CCCN(Cc4ccccc4)CC3)nc2)cc1. The number of anilines is 2. The predicted molar refractivity (Wildman–Crippen MR) is 124 cm³/mol. The van der Waals surface area contributed by atoms with E-state index in [1.54, 1.807) is 37.6 Å². The Kier molecular flexibility index (Phi) is 6.79. The molecule has 2 aromatic carbocycles. The number of hydrogen-bond acceptors (Lipinski definition) is 5. The van der Waals surface area contributed by atoms with E-state index in [0.717, 1.165) is 50.7 Å². The van der Waals surface area contributed by atoms with Gasteiger partial charge in [-0.25, -0.2) is 4.98 Å². The lowest BCUT2D eigenvalue weighted by molar-refractivity contribution is 0.102. The summed E-state index contributed by atoms with van der Waals surface area (Å²) in [6.45, 7) is 5.00. The van der Waals surface area contributed by atoms with Gasteiger partial charge in [-0.2, -0.15) is 0 Å². The van der Waals surface area contributed by atoms with Crippen molar-refractivity contribution in [2.45, 2.75) is 13.0 Å². The number of aromatic nitrogens is 1. The zero-order chi connectivity index (χ0) is 21.5. The first kappa shape index (κ1) is 20.9. The topological polar surface area (TPSA) is 57.7 Å².